The van der Waals surface area contributed by atoms with Crippen molar-refractivity contribution in [1.29, 1.82) is 0 Å². The van der Waals surface area contributed by atoms with Crippen molar-refractivity contribution < 1.29 is 48.8 Å². The average molecular weight is 688 g/mol. The van der Waals surface area contributed by atoms with Crippen LogP contribution in [0.5, 0.6) is 0 Å². The van der Waals surface area contributed by atoms with Gasteiger partial charge in [0, 0.05) is 18.6 Å². The molecule has 6 atom stereocenters. The zero-order valence-corrected chi connectivity index (χ0v) is 27.5. The number of carbonyl (C=O) groups is 6. The predicted octanol–water partition coefficient (Wildman–Crippen LogP) is -3.01. The Hall–Kier alpha value is -5.13. The summed E-state index contributed by atoms with van der Waals surface area (Å²) in [5.41, 5.74) is 7.15. The van der Waals surface area contributed by atoms with Gasteiger partial charge in [0.2, 0.25) is 29.5 Å². The molecule has 2 rings (SSSR count). The Morgan fingerprint density at radius 3 is 1.90 bits per heavy atom. The molecular formula is C32H45N7O10. The number of pyridine rings is 1. The monoisotopic (exact) mass is 687 g/mol. The molecule has 0 spiro atoms. The molecule has 1 aromatic carbocycles. The van der Waals surface area contributed by atoms with Crippen molar-refractivity contribution in [3.63, 3.8) is 0 Å². The molecule has 1 heterocycles. The van der Waals surface area contributed by atoms with E-state index in [2.05, 4.69) is 26.6 Å². The maximum absolute atomic E-state index is 13.5. The number of carboxylic acids is 1. The van der Waals surface area contributed by atoms with Gasteiger partial charge in [-0.05, 0) is 36.8 Å². The fourth-order valence-electron chi connectivity index (χ4n) is 4.61. The molecule has 0 bridgehead atoms. The summed E-state index contributed by atoms with van der Waals surface area (Å²) in [5, 5.41) is 52.0. The summed E-state index contributed by atoms with van der Waals surface area (Å²) in [6.45, 7) is 3.29. The van der Waals surface area contributed by atoms with Crippen LogP contribution in [0.1, 0.15) is 38.3 Å². The van der Waals surface area contributed by atoms with Gasteiger partial charge in [-0.2, -0.15) is 4.73 Å². The first-order chi connectivity index (χ1) is 23.1. The largest absolute Gasteiger partial charge is 0.619 e. The number of nitrogens with two attached hydrogens (primary N) is 1. The number of aliphatic carboxylic acids is 1. The predicted molar refractivity (Wildman–Crippen MR) is 174 cm³/mol. The summed E-state index contributed by atoms with van der Waals surface area (Å²) < 4.78 is 0.564. The molecule has 0 aliphatic heterocycles. The molecule has 1 aromatic heterocycles. The van der Waals surface area contributed by atoms with Crippen molar-refractivity contribution in [2.45, 2.75) is 76.3 Å². The van der Waals surface area contributed by atoms with Crippen LogP contribution in [-0.2, 0) is 41.6 Å². The molecule has 0 radical (unpaired) electrons. The molecule has 0 saturated heterocycles. The first-order valence-corrected chi connectivity index (χ1v) is 15.6. The number of carboxylic acid groups (broad SMARTS) is 1. The Morgan fingerprint density at radius 2 is 1.35 bits per heavy atom. The lowest BCUT2D eigenvalue weighted by atomic mass is 10.0. The van der Waals surface area contributed by atoms with Crippen LogP contribution in [0.15, 0.2) is 54.9 Å². The molecule has 0 aliphatic rings. The fourth-order valence-corrected chi connectivity index (χ4v) is 4.61. The molecule has 6 unspecified atom stereocenters. The van der Waals surface area contributed by atoms with Crippen molar-refractivity contribution in [3.8, 4) is 0 Å². The van der Waals surface area contributed by atoms with E-state index >= 15 is 0 Å². The van der Waals surface area contributed by atoms with Crippen LogP contribution in [0.4, 0.5) is 0 Å². The van der Waals surface area contributed by atoms with Crippen LogP contribution in [0.3, 0.4) is 0 Å². The molecule has 10 N–H and O–H groups in total. The van der Waals surface area contributed by atoms with Gasteiger partial charge in [-0.25, -0.2) is 4.79 Å². The van der Waals surface area contributed by atoms with E-state index in [1.807, 2.05) is 0 Å². The number of rotatable bonds is 19. The molecule has 17 nitrogen and oxygen atoms in total. The number of aliphatic hydroxyl groups is 2. The molecular weight excluding hydrogens is 642 g/mol. The lowest BCUT2D eigenvalue weighted by Crippen LogP contribution is -2.58. The number of aromatic nitrogens is 1. The third-order valence-electron chi connectivity index (χ3n) is 7.22. The summed E-state index contributed by atoms with van der Waals surface area (Å²) in [7, 11) is 0. The highest BCUT2D eigenvalue weighted by Crippen LogP contribution is 2.09. The van der Waals surface area contributed by atoms with E-state index in [4.69, 9.17) is 5.73 Å². The number of benzene rings is 1. The van der Waals surface area contributed by atoms with Crippen LogP contribution in [0.2, 0.25) is 0 Å². The second kappa shape index (κ2) is 19.6. The number of nitrogens with one attached hydrogen (secondary N) is 5. The van der Waals surface area contributed by atoms with E-state index in [0.29, 0.717) is 15.9 Å². The molecule has 5 amide bonds. The van der Waals surface area contributed by atoms with Crippen LogP contribution in [0.25, 0.3) is 0 Å². The van der Waals surface area contributed by atoms with Gasteiger partial charge in [0.15, 0.2) is 18.4 Å². The van der Waals surface area contributed by atoms with Gasteiger partial charge in [-0.15, -0.1) is 0 Å². The molecule has 0 aliphatic carbocycles. The van der Waals surface area contributed by atoms with Crippen molar-refractivity contribution in [2.75, 3.05) is 13.2 Å². The number of hydrogen-bond acceptors (Lipinski definition) is 10. The summed E-state index contributed by atoms with van der Waals surface area (Å²) in [4.78, 5) is 76.3. The minimum atomic E-state index is -1.62. The lowest BCUT2D eigenvalue weighted by molar-refractivity contribution is -0.605. The van der Waals surface area contributed by atoms with Crippen molar-refractivity contribution in [2.24, 2.45) is 11.7 Å². The maximum atomic E-state index is 13.5. The Labute approximate surface area is 283 Å². The number of hydrogen-bond donors (Lipinski definition) is 9. The Kier molecular flexibility index (Phi) is 16.0. The fraction of sp³-hybridized carbons (Fsp3) is 0.469. The van der Waals surface area contributed by atoms with Gasteiger partial charge in [0.25, 0.3) is 0 Å². The third kappa shape index (κ3) is 13.9. The second-order valence-corrected chi connectivity index (χ2v) is 11.9. The van der Waals surface area contributed by atoms with Crippen LogP contribution >= 0.6 is 0 Å². The zero-order valence-electron chi connectivity index (χ0n) is 27.5. The van der Waals surface area contributed by atoms with E-state index in [0.717, 1.165) is 0 Å². The van der Waals surface area contributed by atoms with E-state index in [1.165, 1.54) is 31.5 Å². The van der Waals surface area contributed by atoms with Gasteiger partial charge >= 0.3 is 5.97 Å². The second-order valence-electron chi connectivity index (χ2n) is 11.9. The number of amides is 5. The van der Waals surface area contributed by atoms with Crippen molar-refractivity contribution >= 4 is 35.5 Å². The molecule has 0 fully saturated rings. The van der Waals surface area contributed by atoms with Crippen LogP contribution < -0.4 is 37.0 Å². The molecule has 49 heavy (non-hydrogen) atoms. The van der Waals surface area contributed by atoms with Gasteiger partial charge in [-0.3, -0.25) is 24.0 Å². The number of nitrogens with zero attached hydrogens (tertiary/aromatic N) is 1. The first-order valence-electron chi connectivity index (χ1n) is 15.6. The SMILES string of the molecule is CC(C)CC(NC(=O)C(Cc1ccccc1)NC(=O)CNC(=O)C(CO)NC(=O)C(N)Cc1cc[n+]([O-])cc1)C(=O)NC(C(=O)O)C(C)O. The van der Waals surface area contributed by atoms with Crippen LogP contribution in [-0.4, -0.2) is 100 Å². The van der Waals surface area contributed by atoms with Gasteiger partial charge in [-0.1, -0.05) is 44.2 Å². The van der Waals surface area contributed by atoms with E-state index in [9.17, 15) is 49.3 Å². The Balaban J connectivity index is 2.09. The summed E-state index contributed by atoms with van der Waals surface area (Å²) in [5.74, 6) is -5.69. The highest BCUT2D eigenvalue weighted by Gasteiger charge is 2.32. The number of aliphatic hydroxyl groups excluding tert-OH is 2. The smallest absolute Gasteiger partial charge is 0.328 e. The van der Waals surface area contributed by atoms with Gasteiger partial charge in [0.05, 0.1) is 25.3 Å². The van der Waals surface area contributed by atoms with Crippen molar-refractivity contribution in [1.82, 2.24) is 26.6 Å². The van der Waals surface area contributed by atoms with E-state index in [1.54, 1.807) is 44.2 Å². The Bertz CT molecular complexity index is 1420. The lowest BCUT2D eigenvalue weighted by Gasteiger charge is -2.26. The molecule has 2 aromatic rings. The summed E-state index contributed by atoms with van der Waals surface area (Å²) in [6, 6.07) is 4.92. The minimum absolute atomic E-state index is 0.0166. The zero-order chi connectivity index (χ0) is 36.7. The molecule has 17 heteroatoms. The average Bonchev–Trinajstić information content (AvgIpc) is 3.04. The van der Waals surface area contributed by atoms with Gasteiger partial charge < -0.3 is 52.8 Å². The quantitative estimate of drug-likeness (QED) is 0.0530. The molecule has 268 valence electrons. The minimum Gasteiger partial charge on any atom is -0.619 e. The topological polar surface area (TPSA) is 276 Å². The molecule has 0 saturated carbocycles. The normalized spacial score (nSPS) is 14.7. The third-order valence-corrected chi connectivity index (χ3v) is 7.22. The summed E-state index contributed by atoms with van der Waals surface area (Å²) >= 11 is 0. The summed E-state index contributed by atoms with van der Waals surface area (Å²) in [6.07, 6.45) is 1.18. The van der Waals surface area contributed by atoms with Crippen LogP contribution in [0, 0.1) is 11.1 Å². The highest BCUT2D eigenvalue weighted by molar-refractivity contribution is 5.95. The van der Waals surface area contributed by atoms with Gasteiger partial charge in [0.1, 0.15) is 18.1 Å². The van der Waals surface area contributed by atoms with E-state index < -0.39 is 85.0 Å². The van der Waals surface area contributed by atoms with Crippen molar-refractivity contribution in [3.05, 3.63) is 71.2 Å². The maximum Gasteiger partial charge on any atom is 0.328 e. The number of carbonyl (C=O) groups excluding carboxylic acids is 5. The standard InChI is InChI=1S/C32H45N7O10/c1-18(2)13-23(31(46)38-27(19(3)41)32(47)48)36-30(45)24(15-20-7-5-4-6-8-20)35-26(42)16-34-29(44)25(17-40)37-28(43)22(33)14-21-9-11-39(49)12-10-21/h4-12,18-19,22-25,27,40-41H,13-17,33H2,1-3H3,(H,34,44)(H,35,42)(H,36,45)(H,37,43)(H,38,46)(H,47,48). The highest BCUT2D eigenvalue weighted by atomic mass is 16.5. The first kappa shape index (κ1) is 40.0. The van der Waals surface area contributed by atoms with E-state index in [-0.39, 0.29) is 25.2 Å². The Morgan fingerprint density at radius 1 is 0.776 bits per heavy atom.